The van der Waals surface area contributed by atoms with Crippen LogP contribution >= 0.6 is 33.3 Å². The van der Waals surface area contributed by atoms with Crippen LogP contribution in [0.4, 0.5) is 0 Å². The number of thioether (sulfide) groups is 1. The topological polar surface area (TPSA) is 62.2 Å². The van der Waals surface area contributed by atoms with Gasteiger partial charge in [0.25, 0.3) is 0 Å². The standard InChI is InChI=1S/C16H18N2O2S3/c19-13-4-6-14(7-5-13)21-12-10-17-15(20)8-11-22-23-16-3-1-2-9-18-16/h1-7,9,19H,8,10-12H2,(H,17,20). The van der Waals surface area contributed by atoms with Gasteiger partial charge in [0.1, 0.15) is 10.8 Å². The number of phenols is 1. The summed E-state index contributed by atoms with van der Waals surface area (Å²) in [5, 5.41) is 13.1. The smallest absolute Gasteiger partial charge is 0.220 e. The van der Waals surface area contributed by atoms with Gasteiger partial charge in [-0.2, -0.15) is 0 Å². The van der Waals surface area contributed by atoms with Crippen molar-refractivity contribution >= 4 is 39.3 Å². The van der Waals surface area contributed by atoms with Crippen molar-refractivity contribution in [3.05, 3.63) is 48.7 Å². The minimum atomic E-state index is 0.0745. The van der Waals surface area contributed by atoms with Gasteiger partial charge in [-0.25, -0.2) is 4.98 Å². The summed E-state index contributed by atoms with van der Waals surface area (Å²) in [6, 6.07) is 12.9. The summed E-state index contributed by atoms with van der Waals surface area (Å²) in [4.78, 5) is 17.0. The maximum absolute atomic E-state index is 11.7. The van der Waals surface area contributed by atoms with Crippen LogP contribution in [0.1, 0.15) is 6.42 Å². The Hall–Kier alpha value is -1.31. The predicted octanol–water partition coefficient (Wildman–Crippen LogP) is 3.83. The van der Waals surface area contributed by atoms with Crippen molar-refractivity contribution in [3.63, 3.8) is 0 Å². The molecule has 1 aromatic heterocycles. The van der Waals surface area contributed by atoms with E-state index in [1.165, 1.54) is 0 Å². The second-order valence-corrected chi connectivity index (χ2v) is 8.12. The molecule has 23 heavy (non-hydrogen) atoms. The molecule has 0 spiro atoms. The monoisotopic (exact) mass is 366 g/mol. The average Bonchev–Trinajstić information content (AvgIpc) is 2.58. The molecule has 1 heterocycles. The van der Waals surface area contributed by atoms with Gasteiger partial charge in [0.15, 0.2) is 0 Å². The van der Waals surface area contributed by atoms with Crippen LogP contribution in [0.15, 0.2) is 58.6 Å². The Balaban J connectivity index is 1.51. The molecule has 0 fully saturated rings. The van der Waals surface area contributed by atoms with Gasteiger partial charge in [0, 0.05) is 35.6 Å². The highest BCUT2D eigenvalue weighted by molar-refractivity contribution is 8.76. The summed E-state index contributed by atoms with van der Waals surface area (Å²) in [6.07, 6.45) is 2.27. The fourth-order valence-corrected chi connectivity index (χ4v) is 4.26. The first kappa shape index (κ1) is 18.0. The van der Waals surface area contributed by atoms with Gasteiger partial charge in [-0.3, -0.25) is 4.79 Å². The zero-order chi connectivity index (χ0) is 16.3. The van der Waals surface area contributed by atoms with Crippen LogP contribution in [-0.2, 0) is 4.79 Å². The number of aromatic nitrogens is 1. The highest BCUT2D eigenvalue weighted by atomic mass is 33.1. The molecule has 2 rings (SSSR count). The van der Waals surface area contributed by atoms with E-state index in [0.29, 0.717) is 13.0 Å². The number of phenolic OH excluding ortho intramolecular Hbond substituents is 1. The molecule has 0 unspecified atom stereocenters. The van der Waals surface area contributed by atoms with Crippen molar-refractivity contribution in [3.8, 4) is 5.75 Å². The minimum Gasteiger partial charge on any atom is -0.508 e. The van der Waals surface area contributed by atoms with Gasteiger partial charge in [0.05, 0.1) is 0 Å². The van der Waals surface area contributed by atoms with E-state index in [1.807, 2.05) is 30.3 Å². The third-order valence-electron chi connectivity index (χ3n) is 2.72. The van der Waals surface area contributed by atoms with Crippen molar-refractivity contribution in [1.82, 2.24) is 10.3 Å². The molecular formula is C16H18N2O2S3. The summed E-state index contributed by atoms with van der Waals surface area (Å²) >= 11 is 1.65. The summed E-state index contributed by atoms with van der Waals surface area (Å²) in [5.74, 6) is 1.92. The lowest BCUT2D eigenvalue weighted by Crippen LogP contribution is -2.25. The summed E-state index contributed by atoms with van der Waals surface area (Å²) in [5.41, 5.74) is 0. The summed E-state index contributed by atoms with van der Waals surface area (Å²) in [7, 11) is 3.23. The van der Waals surface area contributed by atoms with Crippen molar-refractivity contribution < 1.29 is 9.90 Å². The fourth-order valence-electron chi connectivity index (χ4n) is 1.62. The van der Waals surface area contributed by atoms with Crippen LogP contribution in [0.5, 0.6) is 5.75 Å². The van der Waals surface area contributed by atoms with E-state index in [0.717, 1.165) is 21.4 Å². The van der Waals surface area contributed by atoms with Crippen LogP contribution < -0.4 is 5.32 Å². The Morgan fingerprint density at radius 2 is 1.96 bits per heavy atom. The number of nitrogens with one attached hydrogen (secondary N) is 1. The number of amides is 1. The molecular weight excluding hydrogens is 348 g/mol. The Labute approximate surface area is 148 Å². The normalized spacial score (nSPS) is 10.4. The lowest BCUT2D eigenvalue weighted by molar-refractivity contribution is -0.120. The van der Waals surface area contributed by atoms with E-state index in [2.05, 4.69) is 10.3 Å². The first-order valence-electron chi connectivity index (χ1n) is 7.13. The number of benzene rings is 1. The maximum atomic E-state index is 11.7. The molecule has 122 valence electrons. The quantitative estimate of drug-likeness (QED) is 0.400. The molecule has 2 N–H and O–H groups in total. The molecule has 0 saturated carbocycles. The lowest BCUT2D eigenvalue weighted by atomic mass is 10.3. The number of rotatable bonds is 9. The van der Waals surface area contributed by atoms with E-state index in [1.54, 1.807) is 51.7 Å². The summed E-state index contributed by atoms with van der Waals surface area (Å²) in [6.45, 7) is 0.641. The van der Waals surface area contributed by atoms with Crippen molar-refractivity contribution in [2.75, 3.05) is 18.1 Å². The molecule has 0 saturated heterocycles. The van der Waals surface area contributed by atoms with E-state index in [-0.39, 0.29) is 11.7 Å². The number of pyridine rings is 1. The number of hydrogen-bond donors (Lipinski definition) is 2. The second-order valence-electron chi connectivity index (χ2n) is 4.52. The van der Waals surface area contributed by atoms with Crippen LogP contribution in [0.3, 0.4) is 0 Å². The van der Waals surface area contributed by atoms with Crippen LogP contribution in [0.2, 0.25) is 0 Å². The third-order valence-corrected chi connectivity index (χ3v) is 6.00. The van der Waals surface area contributed by atoms with Gasteiger partial charge < -0.3 is 10.4 Å². The molecule has 0 aliphatic carbocycles. The van der Waals surface area contributed by atoms with Gasteiger partial charge in [-0.15, -0.1) is 11.8 Å². The van der Waals surface area contributed by atoms with Crippen LogP contribution in [-0.4, -0.2) is 34.0 Å². The molecule has 1 aromatic carbocycles. The second kappa shape index (κ2) is 10.5. The number of aromatic hydroxyl groups is 1. The Kier molecular flexibility index (Phi) is 8.20. The highest BCUT2D eigenvalue weighted by Gasteiger charge is 2.02. The Morgan fingerprint density at radius 1 is 1.13 bits per heavy atom. The van der Waals surface area contributed by atoms with E-state index in [4.69, 9.17) is 0 Å². The molecule has 2 aromatic rings. The fraction of sp³-hybridized carbons (Fsp3) is 0.250. The van der Waals surface area contributed by atoms with E-state index in [9.17, 15) is 9.90 Å². The van der Waals surface area contributed by atoms with Gasteiger partial charge in [-0.05, 0) is 47.2 Å². The largest absolute Gasteiger partial charge is 0.508 e. The molecule has 0 aliphatic heterocycles. The van der Waals surface area contributed by atoms with Crippen LogP contribution in [0, 0.1) is 0 Å². The number of carbonyl (C=O) groups is 1. The molecule has 4 nitrogen and oxygen atoms in total. The number of hydrogen-bond acceptors (Lipinski definition) is 6. The number of carbonyl (C=O) groups excluding carboxylic acids is 1. The highest BCUT2D eigenvalue weighted by Crippen LogP contribution is 2.29. The zero-order valence-corrected chi connectivity index (χ0v) is 14.9. The SMILES string of the molecule is O=C(CCSSc1ccccn1)NCCSc1ccc(O)cc1. The molecule has 0 bridgehead atoms. The number of nitrogens with zero attached hydrogens (tertiary/aromatic N) is 1. The molecule has 0 atom stereocenters. The molecule has 1 amide bonds. The average molecular weight is 367 g/mol. The van der Waals surface area contributed by atoms with E-state index >= 15 is 0 Å². The maximum Gasteiger partial charge on any atom is 0.220 e. The van der Waals surface area contributed by atoms with Crippen molar-refractivity contribution in [1.29, 1.82) is 0 Å². The van der Waals surface area contributed by atoms with Gasteiger partial charge >= 0.3 is 0 Å². The summed E-state index contributed by atoms with van der Waals surface area (Å²) < 4.78 is 0. The minimum absolute atomic E-state index is 0.0745. The van der Waals surface area contributed by atoms with Gasteiger partial charge in [0.2, 0.25) is 5.91 Å². The molecule has 7 heteroatoms. The lowest BCUT2D eigenvalue weighted by Gasteiger charge is -2.05. The zero-order valence-electron chi connectivity index (χ0n) is 12.5. The van der Waals surface area contributed by atoms with E-state index < -0.39 is 0 Å². The predicted molar refractivity (Wildman–Crippen MR) is 99.0 cm³/mol. The van der Waals surface area contributed by atoms with Crippen LogP contribution in [0.25, 0.3) is 0 Å². The molecule has 0 aliphatic rings. The van der Waals surface area contributed by atoms with Crippen molar-refractivity contribution in [2.24, 2.45) is 0 Å². The molecule has 0 radical (unpaired) electrons. The Bertz CT molecular complexity index is 594. The Morgan fingerprint density at radius 3 is 2.70 bits per heavy atom. The first-order chi connectivity index (χ1) is 11.2. The first-order valence-corrected chi connectivity index (χ1v) is 10.4. The van der Waals surface area contributed by atoms with Crippen molar-refractivity contribution in [2.45, 2.75) is 16.3 Å². The third kappa shape index (κ3) is 7.67. The van der Waals surface area contributed by atoms with Gasteiger partial charge in [-0.1, -0.05) is 16.9 Å².